The Morgan fingerprint density at radius 2 is 0.530 bits per heavy atom. The molecule has 572 valence electrons. The third kappa shape index (κ3) is 39.8. The van der Waals surface area contributed by atoms with Gasteiger partial charge < -0.3 is 0 Å². The van der Waals surface area contributed by atoms with Crippen LogP contribution in [-0.2, 0) is 51.4 Å². The normalized spacial score (nSPS) is 14.9. The van der Waals surface area contributed by atoms with Crippen molar-refractivity contribution in [1.29, 1.82) is 0 Å². The summed E-state index contributed by atoms with van der Waals surface area (Å²) in [6, 6.07) is 20.0. The Kier molecular flexibility index (Phi) is 50.4. The first kappa shape index (κ1) is 91.1. The lowest BCUT2D eigenvalue weighted by molar-refractivity contribution is 0.338. The molecule has 0 aromatic heterocycles. The van der Waals surface area contributed by atoms with Crippen LogP contribution < -0.4 is 0 Å². The van der Waals surface area contributed by atoms with Crippen LogP contribution >= 0.6 is 0 Å². The average molecular weight is 1370 g/mol. The highest BCUT2D eigenvalue weighted by atomic mass is 14.2. The molecule has 0 bridgehead atoms. The minimum Gasteiger partial charge on any atom is -0.0654 e. The second-order valence-electron chi connectivity index (χ2n) is 35.1. The monoisotopic (exact) mass is 1370 g/mol. The van der Waals surface area contributed by atoms with Crippen LogP contribution in [0.15, 0.2) is 48.5 Å². The molecule has 0 saturated heterocycles. The second kappa shape index (κ2) is 55.3. The summed E-state index contributed by atoms with van der Waals surface area (Å²) in [5, 5.41) is 0. The first-order valence-corrected chi connectivity index (χ1v) is 44.5. The van der Waals surface area contributed by atoms with Crippen LogP contribution in [0.25, 0.3) is 0 Å². The van der Waals surface area contributed by atoms with Crippen LogP contribution in [0.3, 0.4) is 0 Å². The minimum absolute atomic E-state index is 0.850. The summed E-state index contributed by atoms with van der Waals surface area (Å²) in [6.45, 7) is 46.8. The zero-order chi connectivity index (χ0) is 73.5. The molecule has 0 radical (unpaired) electrons. The average Bonchev–Trinajstić information content (AvgIpc) is 0.863. The molecule has 0 nitrogen and oxygen atoms in total. The van der Waals surface area contributed by atoms with Crippen molar-refractivity contribution in [2.75, 3.05) is 0 Å². The van der Waals surface area contributed by atoms with Gasteiger partial charge in [0.1, 0.15) is 0 Å². The van der Waals surface area contributed by atoms with Crippen molar-refractivity contribution in [3.8, 4) is 0 Å². The van der Waals surface area contributed by atoms with Gasteiger partial charge >= 0.3 is 0 Å². The fourth-order valence-electron chi connectivity index (χ4n) is 17.0. The Balaban J connectivity index is 0.000000347. The summed E-state index contributed by atoms with van der Waals surface area (Å²) in [4.78, 5) is 0. The molecule has 6 rings (SSSR count). The van der Waals surface area contributed by atoms with Crippen molar-refractivity contribution in [2.45, 2.75) is 447 Å². The molecule has 4 aromatic rings. The largest absolute Gasteiger partial charge is 0.0654 e. The Hall–Kier alpha value is -3.12. The first-order chi connectivity index (χ1) is 48.1. The Morgan fingerprint density at radius 3 is 0.830 bits per heavy atom. The van der Waals surface area contributed by atoms with Gasteiger partial charge in [0.05, 0.1) is 0 Å². The van der Waals surface area contributed by atoms with Crippen LogP contribution in [0, 0.1) is 103 Å². The molecule has 0 heteroatoms. The van der Waals surface area contributed by atoms with Crippen molar-refractivity contribution >= 4 is 0 Å². The van der Waals surface area contributed by atoms with Crippen molar-refractivity contribution in [1.82, 2.24) is 0 Å². The van der Waals surface area contributed by atoms with Crippen LogP contribution in [0.2, 0.25) is 0 Å². The van der Waals surface area contributed by atoms with Gasteiger partial charge in [0.15, 0.2) is 0 Å². The predicted molar refractivity (Wildman–Crippen MR) is 454 cm³/mol. The molecule has 0 spiro atoms. The van der Waals surface area contributed by atoms with Gasteiger partial charge in [-0.05, 0) is 282 Å². The number of hydrogen-bond donors (Lipinski definition) is 0. The molecule has 100 heavy (non-hydrogen) atoms. The lowest BCUT2D eigenvalue weighted by Gasteiger charge is -2.23. The molecule has 2 saturated carbocycles. The van der Waals surface area contributed by atoms with Gasteiger partial charge in [-0.3, -0.25) is 0 Å². The van der Waals surface area contributed by atoms with Gasteiger partial charge in [-0.25, -0.2) is 0 Å². The maximum atomic E-state index is 2.52. The summed E-state index contributed by atoms with van der Waals surface area (Å²) in [5.41, 5.74) is 25.0. The third-order valence-electron chi connectivity index (χ3n) is 24.7. The molecular weight excluding hydrogens is 1200 g/mol. The number of rotatable bonds is 46. The minimum atomic E-state index is 0.850. The van der Waals surface area contributed by atoms with E-state index < -0.39 is 0 Å². The third-order valence-corrected chi connectivity index (χ3v) is 24.7. The maximum Gasteiger partial charge on any atom is -0.0248 e. The maximum absolute atomic E-state index is 2.52. The van der Waals surface area contributed by atoms with Gasteiger partial charge in [-0.2, -0.15) is 0 Å². The van der Waals surface area contributed by atoms with Crippen molar-refractivity contribution in [3.05, 3.63) is 138 Å². The van der Waals surface area contributed by atoms with Gasteiger partial charge in [-0.1, -0.05) is 350 Å². The second-order valence-corrected chi connectivity index (χ2v) is 35.1. The Morgan fingerprint density at radius 1 is 0.260 bits per heavy atom. The van der Waals surface area contributed by atoms with Crippen LogP contribution in [0.5, 0.6) is 0 Å². The molecule has 0 heterocycles. The van der Waals surface area contributed by atoms with E-state index in [9.17, 15) is 0 Å². The van der Waals surface area contributed by atoms with E-state index >= 15 is 0 Å². The van der Waals surface area contributed by atoms with E-state index in [0.29, 0.717) is 0 Å². The molecule has 4 aromatic carbocycles. The van der Waals surface area contributed by atoms with E-state index in [1.807, 2.05) is 0 Å². The Bertz CT molecular complexity index is 2470. The quantitative estimate of drug-likeness (QED) is 0.0387. The molecular formula is C100H172. The molecule has 0 amide bonds. The van der Waals surface area contributed by atoms with Crippen molar-refractivity contribution in [2.24, 2.45) is 47.3 Å². The molecule has 2 fully saturated rings. The molecule has 4 atom stereocenters. The van der Waals surface area contributed by atoms with Crippen molar-refractivity contribution in [3.63, 3.8) is 0 Å². The topological polar surface area (TPSA) is 0 Å². The SMILES string of the molecule is CCCCC(CC)Cc1cc(C)c(CC(CC)CCCC)cc1C.CCCCCCCCc1cc(C)c(CCCCCCCC)cc1C.Cc1cc(CCC(C)CCCC(C)C)c(C)cc1CCC(C)CCCC(C)C.Cc1cc(CCC2CCCCC2)c(C)cc1CCC1CCCCC1. The summed E-state index contributed by atoms with van der Waals surface area (Å²) < 4.78 is 0. The Labute approximate surface area is 627 Å². The van der Waals surface area contributed by atoms with Crippen LogP contribution in [0.1, 0.15) is 429 Å². The van der Waals surface area contributed by atoms with Crippen LogP contribution in [0.4, 0.5) is 0 Å². The highest BCUT2D eigenvalue weighted by molar-refractivity contribution is 5.40. The number of benzene rings is 4. The molecule has 2 aliphatic carbocycles. The van der Waals surface area contributed by atoms with E-state index in [1.54, 1.807) is 55.6 Å². The van der Waals surface area contributed by atoms with Gasteiger partial charge in [-0.15, -0.1) is 0 Å². The zero-order valence-corrected chi connectivity index (χ0v) is 71.2. The number of hydrogen-bond acceptors (Lipinski definition) is 0. The fourth-order valence-corrected chi connectivity index (χ4v) is 17.0. The lowest BCUT2D eigenvalue weighted by atomic mass is 9.83. The predicted octanol–water partition coefficient (Wildman–Crippen LogP) is 32.4. The van der Waals surface area contributed by atoms with Gasteiger partial charge in [0.2, 0.25) is 0 Å². The highest BCUT2D eigenvalue weighted by Gasteiger charge is 2.19. The summed E-state index contributed by atoms with van der Waals surface area (Å²) in [6.07, 6.45) is 66.4. The number of aryl methyl sites for hydroxylation is 14. The van der Waals surface area contributed by atoms with Crippen molar-refractivity contribution < 1.29 is 0 Å². The summed E-state index contributed by atoms with van der Waals surface area (Å²) in [5.74, 6) is 7.14. The van der Waals surface area contributed by atoms with E-state index in [1.165, 1.54) is 342 Å². The standard InChI is InChI=1S/C28H50.C24H38.2C24H42/c1-21(2)11-9-13-23(5)15-17-27-19-26(8)28(20-25(27)7)18-16-24(6)14-10-12-22(3)4;1-19-17-24(16-14-22-11-7-4-8-12-22)20(2)18-23(19)15-13-21-9-5-3-6-10-21;1-7-11-13-21(9-3)17-23-15-20(6)24(16-19(23)5)18-22(10-4)14-12-8-2;1-5-7-9-11-13-15-17-23-19-22(4)24(20-21(23)3)18-16-14-12-10-8-6-2/h19-24H,9-18H2,1-8H3;17-18,21-22H,3-16H2,1-2H3;15-16,21-22H,7-14,17-18H2,1-6H3;19-20H,5-18H2,1-4H3. The molecule has 0 aliphatic heterocycles. The van der Waals surface area contributed by atoms with E-state index in [0.717, 1.165) is 47.3 Å². The van der Waals surface area contributed by atoms with Gasteiger partial charge in [0.25, 0.3) is 0 Å². The van der Waals surface area contributed by atoms with Gasteiger partial charge in [0, 0.05) is 0 Å². The summed E-state index contributed by atoms with van der Waals surface area (Å²) >= 11 is 0. The molecule has 4 unspecified atom stereocenters. The first-order valence-electron chi connectivity index (χ1n) is 44.5. The van der Waals surface area contributed by atoms with E-state index in [-0.39, 0.29) is 0 Å². The molecule has 2 aliphatic rings. The fraction of sp³-hybridized carbons (Fsp3) is 0.760. The molecule has 0 N–H and O–H groups in total. The zero-order valence-electron chi connectivity index (χ0n) is 71.2. The lowest BCUT2D eigenvalue weighted by Crippen LogP contribution is -2.09. The number of unbranched alkanes of at least 4 members (excludes halogenated alkanes) is 12. The van der Waals surface area contributed by atoms with E-state index in [2.05, 4.69) is 187 Å². The highest BCUT2D eigenvalue weighted by Crippen LogP contribution is 2.33. The smallest absolute Gasteiger partial charge is 0.0248 e. The van der Waals surface area contributed by atoms with Crippen LogP contribution in [-0.4, -0.2) is 0 Å². The summed E-state index contributed by atoms with van der Waals surface area (Å²) in [7, 11) is 0. The van der Waals surface area contributed by atoms with E-state index in [4.69, 9.17) is 0 Å².